The fourth-order valence-corrected chi connectivity index (χ4v) is 0. The predicted molar refractivity (Wildman–Crippen MR) is 21.6 cm³/mol. The highest BCUT2D eigenvalue weighted by Gasteiger charge is 1.68. The topological polar surface area (TPSA) is 0 Å². The quantitative estimate of drug-likeness (QED) is 0.399. The van der Waals surface area contributed by atoms with E-state index in [1.807, 2.05) is 0 Å². The predicted octanol–water partition coefficient (Wildman–Crippen LogP) is 1.77. The van der Waals surface area contributed by atoms with E-state index in [-0.39, 0.29) is 1.43 Å². The molecule has 0 unspecified atom stereocenters. The lowest BCUT2D eigenvalue weighted by atomic mass is 10.3. The third-order valence-electron chi connectivity index (χ3n) is 0. The van der Waals surface area contributed by atoms with E-state index in [0.29, 0.717) is 0 Å². The zero-order chi connectivity index (χ0) is 3.58. The lowest BCUT2D eigenvalue weighted by Crippen LogP contribution is -1.66. The lowest BCUT2D eigenvalue weighted by molar-refractivity contribution is 0.737. The van der Waals surface area contributed by atoms with Crippen molar-refractivity contribution in [2.75, 3.05) is 0 Å². The maximum Gasteiger partial charge on any atom is 1.00 e. The van der Waals surface area contributed by atoms with Gasteiger partial charge in [-0.25, -0.2) is 0 Å². The van der Waals surface area contributed by atoms with Gasteiger partial charge in [-0.05, 0) is 5.92 Å². The molecule has 26 valence electrons. The molecular weight excluding hydrogens is 48.0 g/mol. The molecule has 0 heterocycles. The van der Waals surface area contributed by atoms with Gasteiger partial charge in [-0.1, -0.05) is 20.8 Å². The van der Waals surface area contributed by atoms with Crippen molar-refractivity contribution in [2.45, 2.75) is 20.8 Å². The molecule has 0 aromatic heterocycles. The molecule has 0 aliphatic rings. The normalized spacial score (nSPS) is 9.00. The second kappa shape index (κ2) is 1.33. The lowest BCUT2D eigenvalue weighted by Gasteiger charge is -1.79. The summed E-state index contributed by atoms with van der Waals surface area (Å²) in [5, 5.41) is 0. The largest absolute Gasteiger partial charge is 1.00 e. The highest BCUT2D eigenvalue weighted by Crippen LogP contribution is 1.81. The summed E-state index contributed by atoms with van der Waals surface area (Å²) in [5.74, 6) is 0.833. The summed E-state index contributed by atoms with van der Waals surface area (Å²) in [4.78, 5) is 0. The molecule has 0 aliphatic heterocycles. The molecule has 0 radical (unpaired) electrons. The van der Waals surface area contributed by atoms with Crippen LogP contribution in [0.1, 0.15) is 22.2 Å². The summed E-state index contributed by atoms with van der Waals surface area (Å²) in [6.07, 6.45) is 0. The van der Waals surface area contributed by atoms with Crippen LogP contribution in [0, 0.1) is 5.92 Å². The Labute approximate surface area is 29.3 Å². The third-order valence-corrected chi connectivity index (χ3v) is 0. The van der Waals surface area contributed by atoms with Crippen molar-refractivity contribution in [3.63, 3.8) is 0 Å². The van der Waals surface area contributed by atoms with Gasteiger partial charge in [0.25, 0.3) is 0 Å². The Morgan fingerprint density at radius 1 is 1.25 bits per heavy atom. The van der Waals surface area contributed by atoms with Gasteiger partial charge in [0.2, 0.25) is 0 Å². The van der Waals surface area contributed by atoms with Crippen LogP contribution >= 0.6 is 0 Å². The van der Waals surface area contributed by atoms with Gasteiger partial charge in [-0.15, -0.1) is 0 Å². The Kier molecular flexibility index (Phi) is 1.33. The smallest absolute Gasteiger partial charge is 0.0630 e. The van der Waals surface area contributed by atoms with E-state index in [1.165, 1.54) is 0 Å². The van der Waals surface area contributed by atoms with Crippen molar-refractivity contribution in [1.82, 2.24) is 0 Å². The van der Waals surface area contributed by atoms with Gasteiger partial charge in [0.1, 0.15) is 0 Å². The van der Waals surface area contributed by atoms with Gasteiger partial charge >= 0.3 is 1.43 Å². The zero-order valence-corrected chi connectivity index (χ0v) is 3.58. The van der Waals surface area contributed by atoms with Crippen molar-refractivity contribution < 1.29 is 1.43 Å². The summed E-state index contributed by atoms with van der Waals surface area (Å²) in [6, 6.07) is 0. The van der Waals surface area contributed by atoms with Crippen LogP contribution in [0.25, 0.3) is 0 Å². The summed E-state index contributed by atoms with van der Waals surface area (Å²) in [7, 11) is 0. The van der Waals surface area contributed by atoms with E-state index in [1.54, 1.807) is 0 Å². The molecule has 0 aromatic carbocycles. The van der Waals surface area contributed by atoms with Crippen molar-refractivity contribution in [3.05, 3.63) is 0 Å². The average Bonchev–Trinajstić information content (AvgIpc) is 0.811. The Hall–Kier alpha value is 0. The fourth-order valence-electron chi connectivity index (χ4n) is 0. The first-order chi connectivity index (χ1) is 1.73. The molecule has 0 atom stereocenters. The minimum absolute atomic E-state index is 0. The summed E-state index contributed by atoms with van der Waals surface area (Å²) < 4.78 is 0. The number of hydrogen-bond donors (Lipinski definition) is 0. The van der Waals surface area contributed by atoms with E-state index >= 15 is 0 Å². The molecule has 0 saturated heterocycles. The van der Waals surface area contributed by atoms with E-state index in [4.69, 9.17) is 0 Å². The van der Waals surface area contributed by atoms with Crippen LogP contribution in [-0.2, 0) is 0 Å². The van der Waals surface area contributed by atoms with E-state index in [9.17, 15) is 0 Å². The van der Waals surface area contributed by atoms with E-state index in [2.05, 4.69) is 20.8 Å². The van der Waals surface area contributed by atoms with Crippen molar-refractivity contribution in [1.29, 1.82) is 0 Å². The second-order valence-electron chi connectivity index (χ2n) is 1.73. The monoisotopic (exact) mass is 59.1 g/mol. The standard InChI is InChI=1S/C4H10/c1-4(2)3/h4H,1-3H3/p+1. The van der Waals surface area contributed by atoms with Gasteiger partial charge < -0.3 is 0 Å². The second-order valence-corrected chi connectivity index (χ2v) is 1.73. The summed E-state index contributed by atoms with van der Waals surface area (Å²) in [6.45, 7) is 6.50. The highest BCUT2D eigenvalue weighted by molar-refractivity contribution is 4.20. The maximum atomic E-state index is 2.17. The molecule has 0 saturated carbocycles. The SMILES string of the molecule is CC(C)C.[H+]. The van der Waals surface area contributed by atoms with E-state index < -0.39 is 0 Å². The number of rotatable bonds is 0. The van der Waals surface area contributed by atoms with Crippen LogP contribution < -0.4 is 0 Å². The molecule has 0 amide bonds. The van der Waals surface area contributed by atoms with Crippen LogP contribution in [0.5, 0.6) is 0 Å². The zero-order valence-electron chi connectivity index (χ0n) is 4.58. The first-order valence-electron chi connectivity index (χ1n) is 1.73. The van der Waals surface area contributed by atoms with E-state index in [0.717, 1.165) is 5.92 Å². The van der Waals surface area contributed by atoms with Crippen LogP contribution in [0.3, 0.4) is 0 Å². The molecular formula is C4H11+. The molecule has 0 aliphatic carbocycles. The van der Waals surface area contributed by atoms with Gasteiger partial charge in [-0.2, -0.15) is 0 Å². The maximum absolute atomic E-state index is 2.17. The van der Waals surface area contributed by atoms with Crippen molar-refractivity contribution in [2.24, 2.45) is 5.92 Å². The van der Waals surface area contributed by atoms with Gasteiger partial charge in [0.05, 0.1) is 0 Å². The minimum Gasteiger partial charge on any atom is -0.0630 e. The Morgan fingerprint density at radius 2 is 1.25 bits per heavy atom. The van der Waals surface area contributed by atoms with Crippen LogP contribution in [0.15, 0.2) is 0 Å². The molecule has 0 spiro atoms. The summed E-state index contributed by atoms with van der Waals surface area (Å²) >= 11 is 0. The Balaban J connectivity index is 0. The molecule has 4 heavy (non-hydrogen) atoms. The number of hydrogen-bond acceptors (Lipinski definition) is 0. The molecule has 0 N–H and O–H groups in total. The van der Waals surface area contributed by atoms with Gasteiger partial charge in [0, 0.05) is 0 Å². The molecule has 0 fully saturated rings. The minimum atomic E-state index is 0. The van der Waals surface area contributed by atoms with Gasteiger partial charge in [-0.3, -0.25) is 0 Å². The summed E-state index contributed by atoms with van der Waals surface area (Å²) in [5.41, 5.74) is 0. The third kappa shape index (κ3) is 0. The first kappa shape index (κ1) is 4.00. The van der Waals surface area contributed by atoms with Crippen LogP contribution in [-0.4, -0.2) is 0 Å². The molecule has 0 nitrogen and oxygen atoms in total. The average molecular weight is 59.1 g/mol. The molecule has 0 rings (SSSR count). The first-order valence-corrected chi connectivity index (χ1v) is 1.73. The van der Waals surface area contributed by atoms with Crippen LogP contribution in [0.2, 0.25) is 0 Å². The van der Waals surface area contributed by atoms with Crippen molar-refractivity contribution in [3.8, 4) is 0 Å². The molecule has 0 heteroatoms. The molecule has 0 bridgehead atoms. The Morgan fingerprint density at radius 3 is 1.25 bits per heavy atom. The fraction of sp³-hybridized carbons (Fsp3) is 1.00. The Bertz CT molecular complexity index is 8.36. The van der Waals surface area contributed by atoms with Crippen molar-refractivity contribution >= 4 is 0 Å². The van der Waals surface area contributed by atoms with Gasteiger partial charge in [0.15, 0.2) is 0 Å². The molecule has 0 aromatic rings. The van der Waals surface area contributed by atoms with Crippen LogP contribution in [0.4, 0.5) is 0 Å². The highest BCUT2D eigenvalue weighted by atomic mass is 13.7.